The van der Waals surface area contributed by atoms with Gasteiger partial charge in [0.2, 0.25) is 0 Å². The monoisotopic (exact) mass is 530 g/mol. The number of fused-ring (bicyclic) bond motifs is 1. The average Bonchev–Trinajstić information content (AvgIpc) is 3.25. The third kappa shape index (κ3) is 6.46. The van der Waals surface area contributed by atoms with Crippen molar-refractivity contribution < 1.29 is 27.9 Å². The van der Waals surface area contributed by atoms with Gasteiger partial charge in [0.05, 0.1) is 4.21 Å². The number of likely N-dealkylation sites (N-methyl/N-ethyl adjacent to an activating group) is 1. The smallest absolute Gasteiger partial charge is 0.294 e. The number of nitrogens with zero attached hydrogens (tertiary/aromatic N) is 2. The fourth-order valence-corrected chi connectivity index (χ4v) is 7.77. The van der Waals surface area contributed by atoms with Crippen molar-refractivity contribution in [2.45, 2.75) is 34.4 Å². The molecular weight excluding hydrogens is 504 g/mol. The van der Waals surface area contributed by atoms with E-state index in [1.165, 1.54) is 16.4 Å². The number of benzene rings is 1. The standard InChI is InChI=1S/C20H26N4O7S3/c1-3-21-17-12-23(9-4-10-30-2)34(28,29)20-16(17)11-18(32-20)33-22-19(25)15-7-5-14(6-8-15)13-31-24(26)27/h5-8,11,17,21H,3-4,9-10,12-13H2,1-2H3,(H,22,25). The Kier molecular flexibility index (Phi) is 9.27. The van der Waals surface area contributed by atoms with Crippen LogP contribution in [-0.2, 0) is 26.2 Å². The van der Waals surface area contributed by atoms with E-state index < -0.39 is 15.1 Å². The summed E-state index contributed by atoms with van der Waals surface area (Å²) in [6, 6.07) is 7.88. The van der Waals surface area contributed by atoms with Crippen LogP contribution in [0.3, 0.4) is 0 Å². The number of nitrogens with one attached hydrogen (secondary N) is 2. The Bertz CT molecular complexity index is 1110. The van der Waals surface area contributed by atoms with Gasteiger partial charge in [0.15, 0.2) is 0 Å². The van der Waals surface area contributed by atoms with E-state index in [0.717, 1.165) is 23.3 Å². The van der Waals surface area contributed by atoms with Gasteiger partial charge in [0.1, 0.15) is 10.8 Å². The summed E-state index contributed by atoms with van der Waals surface area (Å²) in [6.07, 6.45) is 0.601. The molecule has 0 saturated carbocycles. The Labute approximate surface area is 206 Å². The van der Waals surface area contributed by atoms with Crippen molar-refractivity contribution >= 4 is 39.2 Å². The third-order valence-corrected chi connectivity index (χ3v) is 9.49. The zero-order valence-electron chi connectivity index (χ0n) is 18.7. The molecule has 2 aromatic rings. The van der Waals surface area contributed by atoms with Gasteiger partial charge in [0, 0.05) is 44.0 Å². The average molecular weight is 531 g/mol. The summed E-state index contributed by atoms with van der Waals surface area (Å²) in [5.41, 5.74) is 1.63. The highest BCUT2D eigenvalue weighted by Crippen LogP contribution is 2.41. The summed E-state index contributed by atoms with van der Waals surface area (Å²) >= 11 is 2.18. The number of amides is 1. The van der Waals surface area contributed by atoms with Crippen LogP contribution in [0.5, 0.6) is 0 Å². The van der Waals surface area contributed by atoms with Crippen molar-refractivity contribution in [1.82, 2.24) is 14.3 Å². The lowest BCUT2D eigenvalue weighted by molar-refractivity contribution is -0.763. The highest BCUT2D eigenvalue weighted by atomic mass is 32.3. The number of carbonyl (C=O) groups excluding carboxylic acids is 1. The highest BCUT2D eigenvalue weighted by Gasteiger charge is 2.38. The van der Waals surface area contributed by atoms with Crippen LogP contribution in [0.4, 0.5) is 0 Å². The molecule has 0 radical (unpaired) electrons. The first kappa shape index (κ1) is 26.4. The second-order valence-corrected chi connectivity index (χ2v) is 11.6. The quantitative estimate of drug-likeness (QED) is 0.183. The first-order valence-corrected chi connectivity index (χ1v) is 13.5. The van der Waals surface area contributed by atoms with Gasteiger partial charge in [-0.2, -0.15) is 4.31 Å². The molecule has 2 heterocycles. The van der Waals surface area contributed by atoms with Crippen molar-refractivity contribution in [1.29, 1.82) is 0 Å². The first-order chi connectivity index (χ1) is 16.3. The normalized spacial score (nSPS) is 17.2. The highest BCUT2D eigenvalue weighted by molar-refractivity contribution is 8.00. The molecule has 1 aliphatic rings. The number of hydrogen-bond donors (Lipinski definition) is 2. The molecule has 1 amide bonds. The van der Waals surface area contributed by atoms with Gasteiger partial charge in [-0.25, -0.2) is 8.42 Å². The molecule has 1 aliphatic heterocycles. The van der Waals surface area contributed by atoms with Gasteiger partial charge < -0.3 is 14.9 Å². The fourth-order valence-electron chi connectivity index (χ4n) is 3.43. The van der Waals surface area contributed by atoms with Gasteiger partial charge >= 0.3 is 0 Å². The van der Waals surface area contributed by atoms with Crippen LogP contribution in [0.25, 0.3) is 0 Å². The zero-order chi connectivity index (χ0) is 24.7. The van der Waals surface area contributed by atoms with Gasteiger partial charge in [-0.05, 0) is 48.7 Å². The molecule has 2 N–H and O–H groups in total. The summed E-state index contributed by atoms with van der Waals surface area (Å²) in [4.78, 5) is 27.1. The Balaban J connectivity index is 1.69. The number of carbonyl (C=O) groups is 1. The van der Waals surface area contributed by atoms with Gasteiger partial charge in [-0.1, -0.05) is 19.1 Å². The maximum atomic E-state index is 13.2. The maximum absolute atomic E-state index is 13.2. The Morgan fingerprint density at radius 1 is 1.35 bits per heavy atom. The molecule has 34 heavy (non-hydrogen) atoms. The number of thiophene rings is 1. The maximum Gasteiger partial charge on any atom is 0.294 e. The van der Waals surface area contributed by atoms with Crippen LogP contribution in [0, 0.1) is 10.1 Å². The molecule has 11 nitrogen and oxygen atoms in total. The molecule has 0 bridgehead atoms. The van der Waals surface area contributed by atoms with E-state index in [1.54, 1.807) is 25.3 Å². The predicted octanol–water partition coefficient (Wildman–Crippen LogP) is 2.58. The number of hydrogen-bond acceptors (Lipinski definition) is 10. The molecule has 14 heteroatoms. The third-order valence-electron chi connectivity index (χ3n) is 5.04. The van der Waals surface area contributed by atoms with Crippen molar-refractivity contribution in [3.8, 4) is 0 Å². The van der Waals surface area contributed by atoms with Crippen molar-refractivity contribution in [3.05, 3.63) is 57.1 Å². The molecule has 3 rings (SSSR count). The van der Waals surface area contributed by atoms with Gasteiger partial charge in [-0.15, -0.1) is 21.5 Å². The molecule has 186 valence electrons. The molecule has 1 aromatic heterocycles. The number of methoxy groups -OCH3 is 1. The summed E-state index contributed by atoms with van der Waals surface area (Å²) in [6.45, 7) is 3.65. The van der Waals surface area contributed by atoms with Crippen molar-refractivity contribution in [2.75, 3.05) is 33.4 Å². The molecule has 0 aliphatic carbocycles. The largest absolute Gasteiger partial charge is 0.385 e. The minimum Gasteiger partial charge on any atom is -0.385 e. The topological polar surface area (TPSA) is 140 Å². The second kappa shape index (κ2) is 12.0. The van der Waals surface area contributed by atoms with Gasteiger partial charge in [-0.3, -0.25) is 9.52 Å². The van der Waals surface area contributed by atoms with E-state index in [9.17, 15) is 23.3 Å². The van der Waals surface area contributed by atoms with E-state index in [-0.39, 0.29) is 22.8 Å². The second-order valence-electron chi connectivity index (χ2n) is 7.36. The van der Waals surface area contributed by atoms with Crippen LogP contribution >= 0.6 is 23.3 Å². The lowest BCUT2D eigenvalue weighted by atomic mass is 10.1. The summed E-state index contributed by atoms with van der Waals surface area (Å²) < 4.78 is 36.5. The van der Waals surface area contributed by atoms with Crippen LogP contribution in [0.1, 0.15) is 40.9 Å². The number of ether oxygens (including phenoxy) is 1. The number of sulfonamides is 1. The fraction of sp³-hybridized carbons (Fsp3) is 0.450. The summed E-state index contributed by atoms with van der Waals surface area (Å²) in [5.74, 6) is -0.370. The number of rotatable bonds is 12. The van der Waals surface area contributed by atoms with E-state index in [0.29, 0.717) is 53.6 Å². The van der Waals surface area contributed by atoms with Crippen LogP contribution < -0.4 is 10.0 Å². The van der Waals surface area contributed by atoms with Crippen LogP contribution in [-0.4, -0.2) is 57.1 Å². The Morgan fingerprint density at radius 2 is 2.09 bits per heavy atom. The molecule has 0 saturated heterocycles. The Morgan fingerprint density at radius 3 is 2.74 bits per heavy atom. The van der Waals surface area contributed by atoms with E-state index in [4.69, 9.17) is 4.74 Å². The Hall–Kier alpha value is -2.23. The van der Waals surface area contributed by atoms with Gasteiger partial charge in [0.25, 0.3) is 21.0 Å². The molecule has 0 fully saturated rings. The molecule has 1 aromatic carbocycles. The predicted molar refractivity (Wildman–Crippen MR) is 128 cm³/mol. The molecule has 0 spiro atoms. The minimum atomic E-state index is -3.63. The van der Waals surface area contributed by atoms with E-state index in [1.807, 2.05) is 6.92 Å². The molecule has 1 unspecified atom stereocenters. The van der Waals surface area contributed by atoms with Crippen molar-refractivity contribution in [2.24, 2.45) is 0 Å². The summed E-state index contributed by atoms with van der Waals surface area (Å²) in [5, 5.41) is 12.8. The summed E-state index contributed by atoms with van der Waals surface area (Å²) in [7, 11) is -2.05. The lowest BCUT2D eigenvalue weighted by Gasteiger charge is -2.32. The molecule has 1 atom stereocenters. The van der Waals surface area contributed by atoms with E-state index >= 15 is 0 Å². The van der Waals surface area contributed by atoms with Crippen LogP contribution in [0.15, 0.2) is 38.8 Å². The molecular formula is C20H26N4O7S3. The van der Waals surface area contributed by atoms with E-state index in [2.05, 4.69) is 14.9 Å². The zero-order valence-corrected chi connectivity index (χ0v) is 21.1. The van der Waals surface area contributed by atoms with Crippen LogP contribution in [0.2, 0.25) is 0 Å². The SMILES string of the molecule is CCNC1CN(CCCOC)S(=O)(=O)c2sc(SNC(=O)c3ccc(CO[N+](=O)[O-])cc3)cc21. The minimum absolute atomic E-state index is 0.138. The van der Waals surface area contributed by atoms with Crippen molar-refractivity contribution in [3.63, 3.8) is 0 Å². The first-order valence-electron chi connectivity index (χ1n) is 10.5. The lowest BCUT2D eigenvalue weighted by Crippen LogP contribution is -2.43.